The molecule has 0 aliphatic rings. The van der Waals surface area contributed by atoms with Crippen molar-refractivity contribution in [1.82, 2.24) is 4.57 Å². The van der Waals surface area contributed by atoms with Crippen LogP contribution >= 0.6 is 0 Å². The fourth-order valence-corrected chi connectivity index (χ4v) is 0.593. The van der Waals surface area contributed by atoms with Gasteiger partial charge >= 0.3 is 0 Å². The van der Waals surface area contributed by atoms with Crippen LogP contribution < -0.4 is 5.73 Å². The van der Waals surface area contributed by atoms with Gasteiger partial charge in [0.05, 0.1) is 6.61 Å². The summed E-state index contributed by atoms with van der Waals surface area (Å²) < 4.78 is 6.06. The van der Waals surface area contributed by atoms with E-state index in [4.69, 9.17) is 5.73 Å². The Kier molecular flexibility index (Phi) is 5.51. The zero-order valence-corrected chi connectivity index (χ0v) is 7.36. The molecule has 1 aromatic rings. The predicted molar refractivity (Wildman–Crippen MR) is 47.5 cm³/mol. The largest absolute Gasteiger partial charge is 0.468 e. The Bertz CT molecular complexity index is 204. The Morgan fingerprint density at radius 3 is 2.50 bits per heavy atom. The normalized spacial score (nSPS) is 8.17. The molecule has 1 rings (SSSR count). The average molecular weight is 170 g/mol. The van der Waals surface area contributed by atoms with E-state index in [0.717, 1.165) is 5.69 Å². The first kappa shape index (κ1) is 10.6. The number of nitrogen functional groups attached to an aromatic ring is 1. The number of nitrogens with two attached hydrogens (primary N) is 1. The fourth-order valence-electron chi connectivity index (χ4n) is 0.593. The van der Waals surface area contributed by atoms with Crippen LogP contribution in [-0.2, 0) is 16.6 Å². The van der Waals surface area contributed by atoms with Crippen LogP contribution in [-0.4, -0.2) is 17.6 Å². The lowest BCUT2D eigenvalue weighted by Crippen LogP contribution is -1.80. The maximum Gasteiger partial charge on any atom is 0.293 e. The van der Waals surface area contributed by atoms with Crippen molar-refractivity contribution >= 4 is 12.2 Å². The van der Waals surface area contributed by atoms with Crippen molar-refractivity contribution < 1.29 is 9.53 Å². The zero-order valence-electron chi connectivity index (χ0n) is 7.36. The molecule has 68 valence electrons. The molecule has 0 aliphatic carbocycles. The fraction of sp³-hybridized carbons (Fsp3) is 0.375. The maximum absolute atomic E-state index is 9.18. The van der Waals surface area contributed by atoms with Crippen molar-refractivity contribution in [1.29, 1.82) is 0 Å². The monoisotopic (exact) mass is 170 g/mol. The third-order valence-electron chi connectivity index (χ3n) is 1.09. The SMILES string of the molecule is CCOC=O.Cn1ccc(N)c1. The molecule has 12 heavy (non-hydrogen) atoms. The summed E-state index contributed by atoms with van der Waals surface area (Å²) in [6.07, 6.45) is 3.77. The molecule has 0 fully saturated rings. The number of rotatable bonds is 2. The van der Waals surface area contributed by atoms with Crippen LogP contribution in [0.2, 0.25) is 0 Å². The first-order valence-corrected chi connectivity index (χ1v) is 3.63. The number of hydrogen-bond donors (Lipinski definition) is 1. The summed E-state index contributed by atoms with van der Waals surface area (Å²) in [4.78, 5) is 9.18. The van der Waals surface area contributed by atoms with Crippen LogP contribution in [0.15, 0.2) is 18.5 Å². The van der Waals surface area contributed by atoms with E-state index in [9.17, 15) is 4.79 Å². The Hall–Kier alpha value is -1.45. The summed E-state index contributed by atoms with van der Waals surface area (Å²) in [7, 11) is 1.94. The third-order valence-corrected chi connectivity index (χ3v) is 1.09. The summed E-state index contributed by atoms with van der Waals surface area (Å²) in [5.41, 5.74) is 6.18. The van der Waals surface area contributed by atoms with Gasteiger partial charge in [-0.05, 0) is 13.0 Å². The van der Waals surface area contributed by atoms with Crippen molar-refractivity contribution in [2.45, 2.75) is 6.92 Å². The molecule has 0 unspecified atom stereocenters. The number of aromatic nitrogens is 1. The van der Waals surface area contributed by atoms with Gasteiger partial charge in [0.15, 0.2) is 0 Å². The quantitative estimate of drug-likeness (QED) is 0.667. The van der Waals surface area contributed by atoms with Gasteiger partial charge in [0.1, 0.15) is 0 Å². The number of nitrogens with zero attached hydrogens (tertiary/aromatic N) is 1. The molecular weight excluding hydrogens is 156 g/mol. The van der Waals surface area contributed by atoms with E-state index < -0.39 is 0 Å². The zero-order chi connectivity index (χ0) is 9.40. The summed E-state index contributed by atoms with van der Waals surface area (Å²) in [5, 5.41) is 0. The molecular formula is C8H14N2O2. The minimum atomic E-state index is 0.431. The Morgan fingerprint density at radius 2 is 2.42 bits per heavy atom. The van der Waals surface area contributed by atoms with E-state index in [0.29, 0.717) is 13.1 Å². The number of aryl methyl sites for hydroxylation is 1. The Balaban J connectivity index is 0.000000217. The average Bonchev–Trinajstić information content (AvgIpc) is 2.38. The van der Waals surface area contributed by atoms with Gasteiger partial charge in [-0.25, -0.2) is 0 Å². The molecule has 0 saturated heterocycles. The minimum Gasteiger partial charge on any atom is -0.468 e. The lowest BCUT2D eigenvalue weighted by Gasteiger charge is -1.81. The van der Waals surface area contributed by atoms with E-state index in [-0.39, 0.29) is 0 Å². The third kappa shape index (κ3) is 5.34. The second kappa shape index (κ2) is 6.27. The number of carbonyl (C=O) groups is 1. The molecule has 1 aromatic heterocycles. The lowest BCUT2D eigenvalue weighted by molar-refractivity contribution is -0.128. The molecule has 4 nitrogen and oxygen atoms in total. The second-order valence-corrected chi connectivity index (χ2v) is 2.16. The maximum atomic E-state index is 9.18. The topological polar surface area (TPSA) is 57.2 Å². The number of hydrogen-bond acceptors (Lipinski definition) is 3. The molecule has 0 atom stereocenters. The molecule has 1 heterocycles. The van der Waals surface area contributed by atoms with Crippen molar-refractivity contribution in [2.24, 2.45) is 7.05 Å². The van der Waals surface area contributed by atoms with Gasteiger partial charge in [-0.15, -0.1) is 0 Å². The van der Waals surface area contributed by atoms with Crippen LogP contribution in [0.1, 0.15) is 6.92 Å². The van der Waals surface area contributed by atoms with Crippen molar-refractivity contribution in [3.8, 4) is 0 Å². The van der Waals surface area contributed by atoms with Gasteiger partial charge in [-0.3, -0.25) is 4.79 Å². The highest BCUT2D eigenvalue weighted by Crippen LogP contribution is 1.97. The number of ether oxygens (including phenoxy) is 1. The van der Waals surface area contributed by atoms with Gasteiger partial charge < -0.3 is 15.0 Å². The molecule has 2 N–H and O–H groups in total. The summed E-state index contributed by atoms with van der Waals surface area (Å²) in [5.74, 6) is 0. The smallest absolute Gasteiger partial charge is 0.293 e. The van der Waals surface area contributed by atoms with Gasteiger partial charge in [0, 0.05) is 25.1 Å². The molecule has 4 heteroatoms. The standard InChI is InChI=1S/C5H8N2.C3H6O2/c1-7-3-2-5(6)4-7;1-2-5-3-4/h2-4H,6H2,1H3;3H,2H2,1H3. The van der Waals surface area contributed by atoms with Crippen molar-refractivity contribution in [2.75, 3.05) is 12.3 Å². The van der Waals surface area contributed by atoms with E-state index in [1.165, 1.54) is 0 Å². The summed E-state index contributed by atoms with van der Waals surface area (Å²) in [6.45, 7) is 2.66. The first-order valence-electron chi connectivity index (χ1n) is 3.63. The summed E-state index contributed by atoms with van der Waals surface area (Å²) >= 11 is 0. The molecule has 0 amide bonds. The van der Waals surface area contributed by atoms with Gasteiger partial charge in [0.2, 0.25) is 0 Å². The van der Waals surface area contributed by atoms with Gasteiger partial charge in [-0.2, -0.15) is 0 Å². The number of carbonyl (C=O) groups excluding carboxylic acids is 1. The summed E-state index contributed by atoms with van der Waals surface area (Å²) in [6, 6.07) is 1.86. The molecule has 0 aromatic carbocycles. The van der Waals surface area contributed by atoms with Crippen LogP contribution in [0.3, 0.4) is 0 Å². The molecule has 0 saturated carbocycles. The van der Waals surface area contributed by atoms with E-state index in [2.05, 4.69) is 4.74 Å². The van der Waals surface area contributed by atoms with Crippen LogP contribution in [0.25, 0.3) is 0 Å². The highest BCUT2D eigenvalue weighted by Gasteiger charge is 1.80. The molecule has 0 bridgehead atoms. The van der Waals surface area contributed by atoms with Crippen LogP contribution in [0, 0.1) is 0 Å². The van der Waals surface area contributed by atoms with E-state index in [1.54, 1.807) is 6.92 Å². The van der Waals surface area contributed by atoms with Gasteiger partial charge in [-0.1, -0.05) is 0 Å². The molecule has 0 radical (unpaired) electrons. The minimum absolute atomic E-state index is 0.431. The highest BCUT2D eigenvalue weighted by molar-refractivity contribution is 5.36. The highest BCUT2D eigenvalue weighted by atomic mass is 16.5. The Labute approximate surface area is 71.9 Å². The predicted octanol–water partition coefficient (Wildman–Crippen LogP) is 0.787. The van der Waals surface area contributed by atoms with Crippen molar-refractivity contribution in [3.63, 3.8) is 0 Å². The van der Waals surface area contributed by atoms with Crippen LogP contribution in [0.4, 0.5) is 5.69 Å². The van der Waals surface area contributed by atoms with E-state index >= 15 is 0 Å². The molecule has 0 spiro atoms. The van der Waals surface area contributed by atoms with E-state index in [1.807, 2.05) is 30.1 Å². The van der Waals surface area contributed by atoms with Gasteiger partial charge in [0.25, 0.3) is 6.47 Å². The Morgan fingerprint density at radius 1 is 1.75 bits per heavy atom. The van der Waals surface area contributed by atoms with Crippen molar-refractivity contribution in [3.05, 3.63) is 18.5 Å². The lowest BCUT2D eigenvalue weighted by atomic mass is 10.6. The first-order chi connectivity index (χ1) is 5.70. The molecule has 0 aliphatic heterocycles. The number of anilines is 1. The second-order valence-electron chi connectivity index (χ2n) is 2.16. The van der Waals surface area contributed by atoms with Crippen LogP contribution in [0.5, 0.6) is 0 Å².